The fourth-order valence-corrected chi connectivity index (χ4v) is 4.15. The van der Waals surface area contributed by atoms with Crippen LogP contribution in [0.2, 0.25) is 0 Å². The standard InChI is InChI=1S/C12H18BrNO2S/c1-4-12(14-3)9(2)17(15,16)11-7-5-6-10(13)8-11/h5-9,12,14H,4H2,1-3H3. The van der Waals surface area contributed by atoms with Crippen molar-refractivity contribution < 1.29 is 8.42 Å². The summed E-state index contributed by atoms with van der Waals surface area (Å²) in [5, 5.41) is 2.61. The van der Waals surface area contributed by atoms with Crippen LogP contribution in [0, 0.1) is 0 Å². The van der Waals surface area contributed by atoms with Crippen molar-refractivity contribution in [3.05, 3.63) is 28.7 Å². The van der Waals surface area contributed by atoms with Gasteiger partial charge >= 0.3 is 0 Å². The molecule has 2 atom stereocenters. The summed E-state index contributed by atoms with van der Waals surface area (Å²) < 4.78 is 25.5. The van der Waals surface area contributed by atoms with E-state index in [0.29, 0.717) is 4.90 Å². The molecule has 2 unspecified atom stereocenters. The third kappa shape index (κ3) is 3.30. The molecular weight excluding hydrogens is 302 g/mol. The molecule has 0 fully saturated rings. The Hall–Kier alpha value is -0.390. The van der Waals surface area contributed by atoms with Crippen molar-refractivity contribution in [3.8, 4) is 0 Å². The average molecular weight is 320 g/mol. The van der Waals surface area contributed by atoms with Crippen LogP contribution in [0.15, 0.2) is 33.6 Å². The second-order valence-electron chi connectivity index (χ2n) is 4.01. The zero-order chi connectivity index (χ0) is 13.1. The molecule has 0 aromatic heterocycles. The number of hydrogen-bond acceptors (Lipinski definition) is 3. The molecule has 0 saturated carbocycles. The lowest BCUT2D eigenvalue weighted by Crippen LogP contribution is -2.40. The number of rotatable bonds is 5. The Kier molecular flexibility index (Phi) is 5.16. The lowest BCUT2D eigenvalue weighted by molar-refractivity contribution is 0.505. The van der Waals surface area contributed by atoms with E-state index in [1.165, 1.54) is 0 Å². The van der Waals surface area contributed by atoms with Gasteiger partial charge in [0.1, 0.15) is 0 Å². The molecule has 0 amide bonds. The minimum atomic E-state index is -3.28. The van der Waals surface area contributed by atoms with Gasteiger partial charge in [0, 0.05) is 10.5 Å². The van der Waals surface area contributed by atoms with Crippen LogP contribution in [-0.4, -0.2) is 26.8 Å². The molecule has 5 heteroatoms. The van der Waals surface area contributed by atoms with E-state index in [2.05, 4.69) is 21.2 Å². The molecule has 0 radical (unpaired) electrons. The molecule has 0 aliphatic heterocycles. The SMILES string of the molecule is CCC(NC)C(C)S(=O)(=O)c1cccc(Br)c1. The van der Waals surface area contributed by atoms with Gasteiger partial charge in [-0.05, 0) is 38.6 Å². The summed E-state index contributed by atoms with van der Waals surface area (Å²) in [6.07, 6.45) is 0.783. The van der Waals surface area contributed by atoms with Crippen LogP contribution < -0.4 is 5.32 Å². The molecule has 17 heavy (non-hydrogen) atoms. The van der Waals surface area contributed by atoms with Crippen molar-refractivity contribution in [3.63, 3.8) is 0 Å². The Labute approximate surface area is 112 Å². The molecular formula is C12H18BrNO2S. The van der Waals surface area contributed by atoms with E-state index in [4.69, 9.17) is 0 Å². The van der Waals surface area contributed by atoms with E-state index < -0.39 is 15.1 Å². The van der Waals surface area contributed by atoms with Crippen LogP contribution in [-0.2, 0) is 9.84 Å². The highest BCUT2D eigenvalue weighted by Gasteiger charge is 2.28. The minimum Gasteiger partial charge on any atom is -0.316 e. The Morgan fingerprint density at radius 2 is 2.06 bits per heavy atom. The van der Waals surface area contributed by atoms with Gasteiger partial charge in [0.2, 0.25) is 0 Å². The smallest absolute Gasteiger partial charge is 0.182 e. The van der Waals surface area contributed by atoms with Crippen molar-refractivity contribution in [2.75, 3.05) is 7.05 Å². The highest BCUT2D eigenvalue weighted by molar-refractivity contribution is 9.10. The van der Waals surface area contributed by atoms with Gasteiger partial charge in [-0.25, -0.2) is 8.42 Å². The molecule has 0 saturated heterocycles. The summed E-state index contributed by atoms with van der Waals surface area (Å²) in [7, 11) is -1.48. The molecule has 0 spiro atoms. The van der Waals surface area contributed by atoms with Crippen LogP contribution in [0.25, 0.3) is 0 Å². The molecule has 1 aromatic carbocycles. The van der Waals surface area contributed by atoms with Gasteiger partial charge < -0.3 is 5.32 Å². The number of sulfone groups is 1. The maximum Gasteiger partial charge on any atom is 0.182 e. The fourth-order valence-electron chi connectivity index (χ4n) is 1.85. The third-order valence-electron chi connectivity index (χ3n) is 2.99. The monoisotopic (exact) mass is 319 g/mol. The molecule has 3 nitrogen and oxygen atoms in total. The van der Waals surface area contributed by atoms with Crippen LogP contribution in [0.3, 0.4) is 0 Å². The van der Waals surface area contributed by atoms with Gasteiger partial charge in [0.25, 0.3) is 0 Å². The van der Waals surface area contributed by atoms with Crippen LogP contribution in [0.5, 0.6) is 0 Å². The largest absolute Gasteiger partial charge is 0.316 e. The van der Waals surface area contributed by atoms with E-state index in [9.17, 15) is 8.42 Å². The molecule has 96 valence electrons. The molecule has 0 aliphatic carbocycles. The second kappa shape index (κ2) is 5.98. The quantitative estimate of drug-likeness (QED) is 0.907. The summed E-state index contributed by atoms with van der Waals surface area (Å²) in [5.74, 6) is 0. The molecule has 1 N–H and O–H groups in total. The first-order valence-corrected chi connectivity index (χ1v) is 7.94. The van der Waals surface area contributed by atoms with Gasteiger partial charge in [0.05, 0.1) is 10.1 Å². The molecule has 0 heterocycles. The predicted octanol–water partition coefficient (Wildman–Crippen LogP) is 2.61. The maximum atomic E-state index is 12.4. The van der Waals surface area contributed by atoms with E-state index >= 15 is 0 Å². The third-order valence-corrected chi connectivity index (χ3v) is 5.70. The van der Waals surface area contributed by atoms with E-state index in [0.717, 1.165) is 10.9 Å². The summed E-state index contributed by atoms with van der Waals surface area (Å²) in [6, 6.07) is 6.81. The lowest BCUT2D eigenvalue weighted by Gasteiger charge is -2.22. The van der Waals surface area contributed by atoms with Crippen molar-refractivity contribution in [2.24, 2.45) is 0 Å². The van der Waals surface area contributed by atoms with Crippen LogP contribution in [0.1, 0.15) is 20.3 Å². The van der Waals surface area contributed by atoms with Crippen molar-refractivity contribution >= 4 is 25.8 Å². The van der Waals surface area contributed by atoms with E-state index in [1.807, 2.05) is 13.0 Å². The van der Waals surface area contributed by atoms with Gasteiger partial charge in [-0.15, -0.1) is 0 Å². The molecule has 0 aliphatic rings. The first-order chi connectivity index (χ1) is 7.93. The van der Waals surface area contributed by atoms with E-state index in [1.54, 1.807) is 32.2 Å². The summed E-state index contributed by atoms with van der Waals surface area (Å²) in [4.78, 5) is 0.369. The van der Waals surface area contributed by atoms with Gasteiger partial charge in [-0.3, -0.25) is 0 Å². The van der Waals surface area contributed by atoms with Gasteiger partial charge in [-0.1, -0.05) is 28.9 Å². The van der Waals surface area contributed by atoms with Crippen molar-refractivity contribution in [2.45, 2.75) is 36.5 Å². The van der Waals surface area contributed by atoms with Crippen molar-refractivity contribution in [1.29, 1.82) is 0 Å². The van der Waals surface area contributed by atoms with Crippen LogP contribution in [0.4, 0.5) is 0 Å². The minimum absolute atomic E-state index is 0.0287. The van der Waals surface area contributed by atoms with E-state index in [-0.39, 0.29) is 6.04 Å². The number of halogens is 1. The molecule has 1 aromatic rings. The highest BCUT2D eigenvalue weighted by Crippen LogP contribution is 2.22. The average Bonchev–Trinajstić information content (AvgIpc) is 2.30. The Morgan fingerprint density at radius 3 is 2.53 bits per heavy atom. The topological polar surface area (TPSA) is 46.2 Å². The first kappa shape index (κ1) is 14.7. The maximum absolute atomic E-state index is 12.4. The first-order valence-electron chi connectivity index (χ1n) is 5.60. The molecule has 1 rings (SSSR count). The number of benzene rings is 1. The Balaban J connectivity index is 3.11. The lowest BCUT2D eigenvalue weighted by atomic mass is 10.2. The highest BCUT2D eigenvalue weighted by atomic mass is 79.9. The Bertz CT molecular complexity index is 469. The van der Waals surface area contributed by atoms with Gasteiger partial charge in [0.15, 0.2) is 9.84 Å². The van der Waals surface area contributed by atoms with Gasteiger partial charge in [-0.2, -0.15) is 0 Å². The predicted molar refractivity (Wildman–Crippen MR) is 73.9 cm³/mol. The number of hydrogen-bond donors (Lipinski definition) is 1. The summed E-state index contributed by atoms with van der Waals surface area (Å²) in [6.45, 7) is 3.73. The zero-order valence-electron chi connectivity index (χ0n) is 10.3. The summed E-state index contributed by atoms with van der Waals surface area (Å²) >= 11 is 3.29. The fraction of sp³-hybridized carbons (Fsp3) is 0.500. The normalized spacial score (nSPS) is 15.5. The Morgan fingerprint density at radius 1 is 1.41 bits per heavy atom. The summed E-state index contributed by atoms with van der Waals surface area (Å²) in [5.41, 5.74) is 0. The van der Waals surface area contributed by atoms with Crippen LogP contribution >= 0.6 is 15.9 Å². The number of nitrogens with one attached hydrogen (secondary N) is 1. The second-order valence-corrected chi connectivity index (χ2v) is 7.23. The zero-order valence-corrected chi connectivity index (χ0v) is 12.7. The molecule has 0 bridgehead atoms. The van der Waals surface area contributed by atoms with Crippen molar-refractivity contribution in [1.82, 2.24) is 5.32 Å².